The maximum atomic E-state index is 13.7. The van der Waals surface area contributed by atoms with Crippen LogP contribution in [-0.4, -0.2) is 50.5 Å². The van der Waals surface area contributed by atoms with Crippen LogP contribution in [0, 0.1) is 11.7 Å². The molecule has 2 amide bonds. The molecular weight excluding hydrogens is 516 g/mol. The first-order chi connectivity index (χ1) is 16.3. The number of carbonyl (C=O) groups is 2. The molecule has 1 N–H and O–H groups in total. The predicted octanol–water partition coefficient (Wildman–Crippen LogP) is 4.48. The summed E-state index contributed by atoms with van der Waals surface area (Å²) in [6, 6.07) is 9.42. The quantitative estimate of drug-likeness (QED) is 0.451. The topological polar surface area (TPSA) is 86.8 Å². The summed E-state index contributed by atoms with van der Waals surface area (Å²) in [7, 11) is -3.95. The summed E-state index contributed by atoms with van der Waals surface area (Å²) in [4.78, 5) is 27.9. The number of hydrogen-bond donors (Lipinski definition) is 1. The fourth-order valence-electron chi connectivity index (χ4n) is 3.41. The van der Waals surface area contributed by atoms with E-state index in [2.05, 4.69) is 5.32 Å². The van der Waals surface area contributed by atoms with Gasteiger partial charge in [0.1, 0.15) is 18.4 Å². The second-order valence-electron chi connectivity index (χ2n) is 8.54. The largest absolute Gasteiger partial charge is 0.354 e. The second-order valence-corrected chi connectivity index (χ2v) is 11.3. The van der Waals surface area contributed by atoms with Crippen LogP contribution in [0.1, 0.15) is 32.8 Å². The van der Waals surface area contributed by atoms with E-state index < -0.39 is 34.3 Å². The molecule has 0 spiro atoms. The van der Waals surface area contributed by atoms with Crippen molar-refractivity contribution in [3.8, 4) is 0 Å². The summed E-state index contributed by atoms with van der Waals surface area (Å²) < 4.78 is 39.6. The van der Waals surface area contributed by atoms with Crippen molar-refractivity contribution in [3.63, 3.8) is 0 Å². The smallest absolute Gasteiger partial charge is 0.244 e. The Morgan fingerprint density at radius 1 is 1.09 bits per heavy atom. The van der Waals surface area contributed by atoms with Gasteiger partial charge in [-0.15, -0.1) is 0 Å². The Balaban J connectivity index is 2.45. The Kier molecular flexibility index (Phi) is 10.4. The van der Waals surface area contributed by atoms with Crippen LogP contribution in [0.25, 0.3) is 0 Å². The molecule has 0 aliphatic rings. The molecule has 0 aromatic heterocycles. The number of sulfonamides is 1. The Morgan fingerprint density at radius 3 is 2.29 bits per heavy atom. The van der Waals surface area contributed by atoms with Crippen molar-refractivity contribution < 1.29 is 22.4 Å². The third-order valence-corrected chi connectivity index (χ3v) is 7.04. The van der Waals surface area contributed by atoms with Crippen LogP contribution in [0.15, 0.2) is 42.5 Å². The average molecular weight is 546 g/mol. The monoisotopic (exact) mass is 545 g/mol. The molecule has 35 heavy (non-hydrogen) atoms. The Labute approximate surface area is 216 Å². The van der Waals surface area contributed by atoms with Crippen molar-refractivity contribution >= 4 is 50.7 Å². The summed E-state index contributed by atoms with van der Waals surface area (Å²) in [6.07, 6.45) is 1.23. The van der Waals surface area contributed by atoms with Gasteiger partial charge >= 0.3 is 0 Å². The molecule has 0 saturated carbocycles. The van der Waals surface area contributed by atoms with E-state index in [4.69, 9.17) is 23.2 Å². The lowest BCUT2D eigenvalue weighted by atomic mass is 10.1. The van der Waals surface area contributed by atoms with Gasteiger partial charge in [-0.3, -0.25) is 13.9 Å². The third kappa shape index (κ3) is 8.08. The number of nitrogens with zero attached hydrogens (tertiary/aromatic N) is 2. The van der Waals surface area contributed by atoms with E-state index in [9.17, 15) is 22.4 Å². The zero-order chi connectivity index (χ0) is 26.3. The van der Waals surface area contributed by atoms with Gasteiger partial charge in [0.15, 0.2) is 0 Å². The van der Waals surface area contributed by atoms with Crippen molar-refractivity contribution in [3.05, 3.63) is 63.9 Å². The molecule has 0 heterocycles. The van der Waals surface area contributed by atoms with Gasteiger partial charge in [0.2, 0.25) is 21.8 Å². The lowest BCUT2D eigenvalue weighted by Crippen LogP contribution is -2.52. The minimum absolute atomic E-state index is 0.00606. The summed E-state index contributed by atoms with van der Waals surface area (Å²) >= 11 is 12.2. The molecule has 1 unspecified atom stereocenters. The lowest BCUT2D eigenvalue weighted by molar-refractivity contribution is -0.140. The summed E-state index contributed by atoms with van der Waals surface area (Å²) in [6.45, 7) is 5.47. The molecule has 0 radical (unpaired) electrons. The first kappa shape index (κ1) is 28.9. The van der Waals surface area contributed by atoms with Gasteiger partial charge in [-0.25, -0.2) is 12.8 Å². The molecule has 11 heteroatoms. The van der Waals surface area contributed by atoms with E-state index in [1.54, 1.807) is 31.2 Å². The molecule has 2 aromatic carbocycles. The van der Waals surface area contributed by atoms with E-state index >= 15 is 0 Å². The first-order valence-electron chi connectivity index (χ1n) is 11.1. The maximum Gasteiger partial charge on any atom is 0.244 e. The highest BCUT2D eigenvalue weighted by atomic mass is 35.5. The fourth-order valence-corrected chi connectivity index (χ4v) is 4.62. The van der Waals surface area contributed by atoms with Gasteiger partial charge in [0, 0.05) is 18.1 Å². The highest BCUT2D eigenvalue weighted by Gasteiger charge is 2.32. The van der Waals surface area contributed by atoms with Gasteiger partial charge in [0.05, 0.1) is 17.0 Å². The zero-order valence-corrected chi connectivity index (χ0v) is 22.4. The van der Waals surface area contributed by atoms with E-state index in [1.807, 2.05) is 13.8 Å². The van der Waals surface area contributed by atoms with Crippen LogP contribution < -0.4 is 9.62 Å². The maximum absolute atomic E-state index is 13.7. The van der Waals surface area contributed by atoms with Crippen molar-refractivity contribution in [2.75, 3.05) is 23.7 Å². The minimum atomic E-state index is -3.95. The second kappa shape index (κ2) is 12.6. The number of anilines is 1. The van der Waals surface area contributed by atoms with E-state index in [1.165, 1.54) is 11.0 Å². The predicted molar refractivity (Wildman–Crippen MR) is 138 cm³/mol. The minimum Gasteiger partial charge on any atom is -0.354 e. The van der Waals surface area contributed by atoms with Gasteiger partial charge in [-0.2, -0.15) is 0 Å². The first-order valence-corrected chi connectivity index (χ1v) is 13.7. The van der Waals surface area contributed by atoms with Crippen LogP contribution in [0.5, 0.6) is 0 Å². The molecule has 0 aliphatic heterocycles. The van der Waals surface area contributed by atoms with Gasteiger partial charge in [0.25, 0.3) is 0 Å². The molecule has 0 saturated heterocycles. The normalized spacial score (nSPS) is 12.3. The van der Waals surface area contributed by atoms with Crippen molar-refractivity contribution in [1.82, 2.24) is 10.2 Å². The molecular formula is C24H30Cl2FN3O4S. The molecule has 0 aliphatic carbocycles. The van der Waals surface area contributed by atoms with E-state index in [0.29, 0.717) is 23.6 Å². The number of rotatable bonds is 11. The van der Waals surface area contributed by atoms with Crippen molar-refractivity contribution in [1.29, 1.82) is 0 Å². The number of halogens is 3. The van der Waals surface area contributed by atoms with Crippen LogP contribution >= 0.6 is 23.2 Å². The Hall–Kier alpha value is -2.36. The van der Waals surface area contributed by atoms with E-state index in [-0.39, 0.29) is 29.1 Å². The molecule has 0 fully saturated rings. The van der Waals surface area contributed by atoms with E-state index in [0.717, 1.165) is 22.7 Å². The highest BCUT2D eigenvalue weighted by molar-refractivity contribution is 7.92. The standard InChI is InChI=1S/C24H30Cl2FN3O4S/c1-5-22(24(32)28-13-16(2)3)29(14-17-8-6-7-9-19(17)25)23(31)15-30(35(4,33)34)18-10-11-21(27)20(26)12-18/h6-12,16,22H,5,13-15H2,1-4H3,(H,28,32). The van der Waals surface area contributed by atoms with Gasteiger partial charge in [-0.05, 0) is 42.2 Å². The number of nitrogens with one attached hydrogen (secondary N) is 1. The van der Waals surface area contributed by atoms with Gasteiger partial charge < -0.3 is 10.2 Å². The molecule has 2 rings (SSSR count). The number of hydrogen-bond acceptors (Lipinski definition) is 4. The van der Waals surface area contributed by atoms with Crippen LogP contribution in [-0.2, 0) is 26.2 Å². The Morgan fingerprint density at radius 2 is 1.74 bits per heavy atom. The molecule has 1 atom stereocenters. The summed E-state index contributed by atoms with van der Waals surface area (Å²) in [5, 5.41) is 2.97. The number of carbonyl (C=O) groups excluding carboxylic acids is 2. The highest BCUT2D eigenvalue weighted by Crippen LogP contribution is 2.26. The fraction of sp³-hybridized carbons (Fsp3) is 0.417. The molecule has 192 valence electrons. The van der Waals surface area contributed by atoms with Gasteiger partial charge in [-0.1, -0.05) is 62.2 Å². The SMILES string of the molecule is CCC(C(=O)NCC(C)C)N(Cc1ccccc1Cl)C(=O)CN(c1ccc(F)c(Cl)c1)S(C)(=O)=O. The average Bonchev–Trinajstić information content (AvgIpc) is 2.78. The van der Waals surface area contributed by atoms with Crippen molar-refractivity contribution in [2.24, 2.45) is 5.92 Å². The van der Waals surface area contributed by atoms with Crippen LogP contribution in [0.2, 0.25) is 10.0 Å². The van der Waals surface area contributed by atoms with Crippen molar-refractivity contribution in [2.45, 2.75) is 39.8 Å². The Bertz CT molecular complexity index is 1160. The molecule has 2 aromatic rings. The molecule has 7 nitrogen and oxygen atoms in total. The third-order valence-electron chi connectivity index (χ3n) is 5.24. The summed E-state index contributed by atoms with van der Waals surface area (Å²) in [5.74, 6) is -1.49. The zero-order valence-electron chi connectivity index (χ0n) is 20.1. The van der Waals surface area contributed by atoms with Crippen LogP contribution in [0.3, 0.4) is 0 Å². The number of benzene rings is 2. The number of amides is 2. The molecule has 0 bridgehead atoms. The summed E-state index contributed by atoms with van der Waals surface area (Å²) in [5.41, 5.74) is 0.635. The lowest BCUT2D eigenvalue weighted by Gasteiger charge is -2.33. The van der Waals surface area contributed by atoms with Crippen LogP contribution in [0.4, 0.5) is 10.1 Å².